The number of nitrogens with zero attached hydrogens (tertiary/aromatic N) is 1. The highest BCUT2D eigenvalue weighted by atomic mass is 19.1. The number of anilines is 1. The fraction of sp³-hybridized carbons (Fsp3) is 0.100. The van der Waals surface area contributed by atoms with Crippen LogP contribution in [0.1, 0.15) is 17.3 Å². The van der Waals surface area contributed by atoms with Gasteiger partial charge in [0.2, 0.25) is 5.91 Å². The first-order valence-corrected chi connectivity index (χ1v) is 8.14. The molecule has 26 heavy (non-hydrogen) atoms. The van der Waals surface area contributed by atoms with Gasteiger partial charge < -0.3 is 15.2 Å². The van der Waals surface area contributed by atoms with E-state index < -0.39 is 17.8 Å². The maximum atomic E-state index is 13.6. The van der Waals surface area contributed by atoms with Gasteiger partial charge in [0.15, 0.2) is 0 Å². The number of carbonyl (C=O) groups is 2. The van der Waals surface area contributed by atoms with Crippen molar-refractivity contribution in [3.8, 4) is 5.69 Å². The van der Waals surface area contributed by atoms with Crippen molar-refractivity contribution < 1.29 is 14.0 Å². The molecule has 2 aromatic carbocycles. The number of halogens is 1. The molecule has 3 rings (SSSR count). The summed E-state index contributed by atoms with van der Waals surface area (Å²) >= 11 is 0. The minimum absolute atomic E-state index is 0.0770. The van der Waals surface area contributed by atoms with E-state index in [1.165, 1.54) is 18.2 Å². The lowest BCUT2D eigenvalue weighted by Gasteiger charge is -2.15. The van der Waals surface area contributed by atoms with E-state index in [9.17, 15) is 14.0 Å². The summed E-state index contributed by atoms with van der Waals surface area (Å²) in [5.74, 6) is -1.40. The van der Waals surface area contributed by atoms with E-state index in [2.05, 4.69) is 10.6 Å². The zero-order valence-electron chi connectivity index (χ0n) is 14.1. The maximum absolute atomic E-state index is 13.6. The van der Waals surface area contributed by atoms with E-state index in [0.717, 1.165) is 5.69 Å². The van der Waals surface area contributed by atoms with Gasteiger partial charge in [-0.3, -0.25) is 9.59 Å². The van der Waals surface area contributed by atoms with Crippen molar-refractivity contribution >= 4 is 17.5 Å². The molecule has 0 radical (unpaired) electrons. The van der Waals surface area contributed by atoms with E-state index >= 15 is 0 Å². The number of para-hydroxylation sites is 1. The van der Waals surface area contributed by atoms with E-state index in [-0.39, 0.29) is 11.6 Å². The highest BCUT2D eigenvalue weighted by molar-refractivity contribution is 6.01. The molecule has 1 atom stereocenters. The van der Waals surface area contributed by atoms with Crippen LogP contribution < -0.4 is 10.6 Å². The van der Waals surface area contributed by atoms with E-state index in [0.29, 0.717) is 5.56 Å². The van der Waals surface area contributed by atoms with Crippen LogP contribution >= 0.6 is 0 Å². The van der Waals surface area contributed by atoms with Crippen LogP contribution in [0, 0.1) is 5.82 Å². The van der Waals surface area contributed by atoms with Gasteiger partial charge in [-0.05, 0) is 49.4 Å². The van der Waals surface area contributed by atoms with Crippen molar-refractivity contribution in [2.45, 2.75) is 13.0 Å². The molecule has 2 amide bonds. The highest BCUT2D eigenvalue weighted by Crippen LogP contribution is 2.13. The standard InChI is InChI=1S/C20H18FN3O2/c1-14(19(25)23-18-10-3-2-9-17(18)21)22-20(26)15-7-6-8-16(13-15)24-11-4-5-12-24/h2-14H,1H3,(H,22,26)(H,23,25). The molecule has 1 aromatic heterocycles. The molecule has 132 valence electrons. The minimum Gasteiger partial charge on any atom is -0.341 e. The molecule has 5 nitrogen and oxygen atoms in total. The lowest BCUT2D eigenvalue weighted by Crippen LogP contribution is -2.41. The summed E-state index contributed by atoms with van der Waals surface area (Å²) in [6.45, 7) is 1.55. The van der Waals surface area contributed by atoms with Gasteiger partial charge in [-0.2, -0.15) is 0 Å². The van der Waals surface area contributed by atoms with Crippen LogP contribution in [0.25, 0.3) is 5.69 Å². The van der Waals surface area contributed by atoms with Crippen molar-refractivity contribution in [3.05, 3.63) is 84.4 Å². The lowest BCUT2D eigenvalue weighted by atomic mass is 10.1. The highest BCUT2D eigenvalue weighted by Gasteiger charge is 2.18. The number of hydrogen-bond acceptors (Lipinski definition) is 2. The quantitative estimate of drug-likeness (QED) is 0.740. The third-order valence-electron chi connectivity index (χ3n) is 3.88. The van der Waals surface area contributed by atoms with Crippen LogP contribution in [0.15, 0.2) is 73.1 Å². The molecular formula is C20H18FN3O2. The van der Waals surface area contributed by atoms with Crippen LogP contribution in [-0.2, 0) is 4.79 Å². The number of hydrogen-bond donors (Lipinski definition) is 2. The molecule has 0 saturated carbocycles. The molecule has 0 aliphatic carbocycles. The van der Waals surface area contributed by atoms with Gasteiger partial charge in [-0.15, -0.1) is 0 Å². The van der Waals surface area contributed by atoms with E-state index in [4.69, 9.17) is 0 Å². The monoisotopic (exact) mass is 351 g/mol. The number of carbonyl (C=O) groups excluding carboxylic acids is 2. The second-order valence-electron chi connectivity index (χ2n) is 5.80. The zero-order chi connectivity index (χ0) is 18.5. The molecule has 0 spiro atoms. The molecule has 1 heterocycles. The molecule has 6 heteroatoms. The predicted molar refractivity (Wildman–Crippen MR) is 97.7 cm³/mol. The van der Waals surface area contributed by atoms with Crippen molar-refractivity contribution in [2.75, 3.05) is 5.32 Å². The Morgan fingerprint density at radius 1 is 1.00 bits per heavy atom. The number of aromatic nitrogens is 1. The van der Waals surface area contributed by atoms with Gasteiger partial charge in [0.05, 0.1) is 5.69 Å². The fourth-order valence-corrected chi connectivity index (χ4v) is 2.46. The van der Waals surface area contributed by atoms with Crippen LogP contribution in [0.2, 0.25) is 0 Å². The van der Waals surface area contributed by atoms with Gasteiger partial charge in [-0.25, -0.2) is 4.39 Å². The molecule has 0 aliphatic heterocycles. The first-order valence-electron chi connectivity index (χ1n) is 8.14. The van der Waals surface area contributed by atoms with Gasteiger partial charge in [0.25, 0.3) is 5.91 Å². The Bertz CT molecular complexity index is 922. The Labute approximate surface area is 150 Å². The minimum atomic E-state index is -0.822. The average Bonchev–Trinajstić information content (AvgIpc) is 3.18. The summed E-state index contributed by atoms with van der Waals surface area (Å²) in [4.78, 5) is 24.6. The number of amides is 2. The molecule has 2 N–H and O–H groups in total. The number of rotatable bonds is 5. The fourth-order valence-electron chi connectivity index (χ4n) is 2.46. The maximum Gasteiger partial charge on any atom is 0.251 e. The molecule has 1 unspecified atom stereocenters. The van der Waals surface area contributed by atoms with E-state index in [1.54, 1.807) is 31.2 Å². The molecule has 0 saturated heterocycles. The van der Waals surface area contributed by atoms with Gasteiger partial charge in [-0.1, -0.05) is 18.2 Å². The summed E-state index contributed by atoms with van der Waals surface area (Å²) in [7, 11) is 0. The van der Waals surface area contributed by atoms with Crippen molar-refractivity contribution in [3.63, 3.8) is 0 Å². The van der Waals surface area contributed by atoms with E-state index in [1.807, 2.05) is 35.2 Å². The van der Waals surface area contributed by atoms with Crippen molar-refractivity contribution in [1.82, 2.24) is 9.88 Å². The number of nitrogens with one attached hydrogen (secondary N) is 2. The molecule has 0 bridgehead atoms. The van der Waals surface area contributed by atoms with Crippen LogP contribution in [0.5, 0.6) is 0 Å². The van der Waals surface area contributed by atoms with Crippen LogP contribution in [-0.4, -0.2) is 22.4 Å². The summed E-state index contributed by atoms with van der Waals surface area (Å²) in [5.41, 5.74) is 1.35. The second kappa shape index (κ2) is 7.65. The summed E-state index contributed by atoms with van der Waals surface area (Å²) in [6.07, 6.45) is 3.75. The lowest BCUT2D eigenvalue weighted by molar-refractivity contribution is -0.117. The Morgan fingerprint density at radius 2 is 1.73 bits per heavy atom. The smallest absolute Gasteiger partial charge is 0.251 e. The van der Waals surface area contributed by atoms with Crippen molar-refractivity contribution in [1.29, 1.82) is 0 Å². The van der Waals surface area contributed by atoms with Gasteiger partial charge >= 0.3 is 0 Å². The van der Waals surface area contributed by atoms with Crippen molar-refractivity contribution in [2.24, 2.45) is 0 Å². The Kier molecular flexibility index (Phi) is 5.12. The molecule has 0 fully saturated rings. The Morgan fingerprint density at radius 3 is 2.46 bits per heavy atom. The topological polar surface area (TPSA) is 63.1 Å². The SMILES string of the molecule is CC(NC(=O)c1cccc(-n2cccc2)c1)C(=O)Nc1ccccc1F. The number of benzene rings is 2. The van der Waals surface area contributed by atoms with Gasteiger partial charge in [0.1, 0.15) is 11.9 Å². The first kappa shape index (κ1) is 17.4. The third-order valence-corrected chi connectivity index (χ3v) is 3.88. The third kappa shape index (κ3) is 3.97. The summed E-state index contributed by atoms with van der Waals surface area (Å²) in [5, 5.41) is 5.09. The second-order valence-corrected chi connectivity index (χ2v) is 5.80. The van der Waals surface area contributed by atoms with Gasteiger partial charge in [0, 0.05) is 23.6 Å². The normalized spacial score (nSPS) is 11.6. The summed E-state index contributed by atoms with van der Waals surface area (Å²) in [6, 6.07) is 15.9. The zero-order valence-corrected chi connectivity index (χ0v) is 14.1. The molecule has 0 aliphatic rings. The molecule has 3 aromatic rings. The average molecular weight is 351 g/mol. The largest absolute Gasteiger partial charge is 0.341 e. The summed E-state index contributed by atoms with van der Waals surface area (Å²) < 4.78 is 15.5. The Hall–Kier alpha value is -3.41. The molecular weight excluding hydrogens is 333 g/mol. The Balaban J connectivity index is 1.67. The van der Waals surface area contributed by atoms with Crippen LogP contribution in [0.3, 0.4) is 0 Å². The predicted octanol–water partition coefficient (Wildman–Crippen LogP) is 3.37. The first-order chi connectivity index (χ1) is 12.5. The van der Waals surface area contributed by atoms with Crippen LogP contribution in [0.4, 0.5) is 10.1 Å².